The van der Waals surface area contributed by atoms with Gasteiger partial charge in [-0.25, -0.2) is 4.79 Å². The summed E-state index contributed by atoms with van der Waals surface area (Å²) in [5, 5.41) is 4.10. The average Bonchev–Trinajstić information content (AvgIpc) is 2.83. The molecule has 1 N–H and O–H groups in total. The number of para-hydroxylation sites is 1. The lowest BCUT2D eigenvalue weighted by Crippen LogP contribution is -2.35. The van der Waals surface area contributed by atoms with Crippen LogP contribution in [0.1, 0.15) is 23.0 Å². The summed E-state index contributed by atoms with van der Waals surface area (Å²) in [5.74, 6) is -0.354. The predicted molar refractivity (Wildman–Crippen MR) is 129 cm³/mol. The second kappa shape index (κ2) is 9.52. The number of likely N-dealkylation sites (N-methyl/N-ethyl adjacent to an activating group) is 1. The molecule has 0 aliphatic heterocycles. The highest BCUT2D eigenvalue weighted by molar-refractivity contribution is 6.07. The number of anilines is 1. The van der Waals surface area contributed by atoms with E-state index in [1.165, 1.54) is 0 Å². The highest BCUT2D eigenvalue weighted by atomic mass is 16.4. The molecule has 0 spiro atoms. The zero-order valence-electron chi connectivity index (χ0n) is 18.3. The van der Waals surface area contributed by atoms with Gasteiger partial charge in [0.15, 0.2) is 0 Å². The number of benzene rings is 3. The maximum Gasteiger partial charge on any atom is 0.344 e. The SMILES string of the molecule is CCN(CCNC(=O)c1oc(=O)c2ccccc2c1-c1ccc(C)cc1)c1ccccc1. The van der Waals surface area contributed by atoms with Crippen LogP contribution in [0.25, 0.3) is 21.9 Å². The Balaban J connectivity index is 1.64. The van der Waals surface area contributed by atoms with E-state index in [4.69, 9.17) is 4.42 Å². The molecule has 5 nitrogen and oxygen atoms in total. The van der Waals surface area contributed by atoms with Crippen LogP contribution >= 0.6 is 0 Å². The quantitative estimate of drug-likeness (QED) is 0.450. The van der Waals surface area contributed by atoms with Crippen LogP contribution in [-0.4, -0.2) is 25.5 Å². The molecule has 1 amide bonds. The van der Waals surface area contributed by atoms with Crippen LogP contribution < -0.4 is 15.8 Å². The first-order chi connectivity index (χ1) is 15.6. The third kappa shape index (κ3) is 4.42. The smallest absolute Gasteiger partial charge is 0.344 e. The molecule has 0 aliphatic rings. The first-order valence-corrected chi connectivity index (χ1v) is 10.8. The lowest BCUT2D eigenvalue weighted by molar-refractivity contribution is 0.0924. The maximum atomic E-state index is 13.1. The van der Waals surface area contributed by atoms with Gasteiger partial charge >= 0.3 is 5.63 Å². The average molecular weight is 427 g/mol. The molecule has 0 saturated heterocycles. The number of hydrogen-bond acceptors (Lipinski definition) is 4. The number of hydrogen-bond donors (Lipinski definition) is 1. The third-order valence-corrected chi connectivity index (χ3v) is 5.55. The van der Waals surface area contributed by atoms with Crippen molar-refractivity contribution in [3.05, 3.63) is 101 Å². The van der Waals surface area contributed by atoms with E-state index < -0.39 is 11.5 Å². The first kappa shape index (κ1) is 21.4. The van der Waals surface area contributed by atoms with Crippen LogP contribution in [-0.2, 0) is 0 Å². The molecule has 162 valence electrons. The molecule has 3 aromatic carbocycles. The van der Waals surface area contributed by atoms with Crippen molar-refractivity contribution in [1.82, 2.24) is 5.32 Å². The zero-order chi connectivity index (χ0) is 22.5. The Kier molecular flexibility index (Phi) is 6.36. The molecule has 0 aliphatic carbocycles. The van der Waals surface area contributed by atoms with Crippen molar-refractivity contribution in [3.8, 4) is 11.1 Å². The highest BCUT2D eigenvalue weighted by Gasteiger charge is 2.21. The number of aryl methyl sites for hydroxylation is 1. The molecule has 0 unspecified atom stereocenters. The largest absolute Gasteiger partial charge is 0.416 e. The fraction of sp³-hybridized carbons (Fsp3) is 0.185. The van der Waals surface area contributed by atoms with Crippen molar-refractivity contribution >= 4 is 22.4 Å². The van der Waals surface area contributed by atoms with Gasteiger partial charge in [-0.2, -0.15) is 0 Å². The van der Waals surface area contributed by atoms with Crippen LogP contribution in [0.5, 0.6) is 0 Å². The summed E-state index contributed by atoms with van der Waals surface area (Å²) >= 11 is 0. The lowest BCUT2D eigenvalue weighted by atomic mass is 9.97. The summed E-state index contributed by atoms with van der Waals surface area (Å²) in [6.45, 7) is 5.97. The summed E-state index contributed by atoms with van der Waals surface area (Å²) < 4.78 is 5.56. The number of nitrogens with one attached hydrogen (secondary N) is 1. The minimum Gasteiger partial charge on any atom is -0.416 e. The Bertz CT molecular complexity index is 1280. The van der Waals surface area contributed by atoms with Gasteiger partial charge in [-0.15, -0.1) is 0 Å². The number of carbonyl (C=O) groups excluding carboxylic acids is 1. The van der Waals surface area contributed by atoms with Crippen LogP contribution in [0.4, 0.5) is 5.69 Å². The van der Waals surface area contributed by atoms with Gasteiger partial charge in [0.2, 0.25) is 5.76 Å². The van der Waals surface area contributed by atoms with E-state index in [9.17, 15) is 9.59 Å². The number of rotatable bonds is 7. The minimum absolute atomic E-state index is 0.0420. The molecule has 1 heterocycles. The standard InChI is InChI=1S/C27H26N2O3/c1-3-29(21-9-5-4-6-10-21)18-17-28-26(30)25-24(20-15-13-19(2)14-16-20)22-11-7-8-12-23(22)27(31)32-25/h4-16H,3,17-18H2,1-2H3,(H,28,30). The van der Waals surface area contributed by atoms with Crippen LogP contribution in [0.3, 0.4) is 0 Å². The fourth-order valence-corrected chi connectivity index (χ4v) is 3.86. The Morgan fingerprint density at radius 3 is 2.25 bits per heavy atom. The molecule has 0 fully saturated rings. The topological polar surface area (TPSA) is 62.6 Å². The summed E-state index contributed by atoms with van der Waals surface area (Å²) in [4.78, 5) is 27.9. The van der Waals surface area contributed by atoms with Crippen molar-refractivity contribution in [1.29, 1.82) is 0 Å². The van der Waals surface area contributed by atoms with E-state index in [-0.39, 0.29) is 5.76 Å². The van der Waals surface area contributed by atoms with E-state index in [0.717, 1.165) is 23.4 Å². The molecule has 0 radical (unpaired) electrons. The van der Waals surface area contributed by atoms with Crippen LogP contribution in [0, 0.1) is 6.92 Å². The van der Waals surface area contributed by atoms with E-state index in [1.807, 2.05) is 73.7 Å². The van der Waals surface area contributed by atoms with Crippen molar-refractivity contribution < 1.29 is 9.21 Å². The number of fused-ring (bicyclic) bond motifs is 1. The molecular formula is C27H26N2O3. The summed E-state index contributed by atoms with van der Waals surface area (Å²) in [6, 6.07) is 25.1. The van der Waals surface area contributed by atoms with Gasteiger partial charge in [0.25, 0.3) is 5.91 Å². The molecule has 0 bridgehead atoms. The summed E-state index contributed by atoms with van der Waals surface area (Å²) in [6.07, 6.45) is 0. The van der Waals surface area contributed by atoms with Gasteiger partial charge in [0.1, 0.15) is 0 Å². The fourth-order valence-electron chi connectivity index (χ4n) is 3.86. The van der Waals surface area contributed by atoms with Crippen molar-refractivity contribution in [2.75, 3.05) is 24.5 Å². The minimum atomic E-state index is -0.513. The molecule has 5 heteroatoms. The Labute approximate surface area is 187 Å². The van der Waals surface area contributed by atoms with Crippen molar-refractivity contribution in [2.24, 2.45) is 0 Å². The number of amides is 1. The Hall–Kier alpha value is -3.86. The predicted octanol–water partition coefficient (Wildman–Crippen LogP) is 5.02. The Morgan fingerprint density at radius 2 is 1.56 bits per heavy atom. The van der Waals surface area contributed by atoms with Gasteiger partial charge in [-0.1, -0.05) is 66.2 Å². The molecule has 0 saturated carbocycles. The molecule has 32 heavy (non-hydrogen) atoms. The molecule has 1 aromatic heterocycles. The van der Waals surface area contributed by atoms with Gasteiger partial charge in [-0.05, 0) is 37.6 Å². The second-order valence-electron chi connectivity index (χ2n) is 7.68. The van der Waals surface area contributed by atoms with Crippen LogP contribution in [0.2, 0.25) is 0 Å². The number of nitrogens with zero attached hydrogens (tertiary/aromatic N) is 1. The maximum absolute atomic E-state index is 13.1. The lowest BCUT2D eigenvalue weighted by Gasteiger charge is -2.23. The van der Waals surface area contributed by atoms with E-state index >= 15 is 0 Å². The third-order valence-electron chi connectivity index (χ3n) is 5.55. The Morgan fingerprint density at radius 1 is 0.906 bits per heavy atom. The zero-order valence-corrected chi connectivity index (χ0v) is 18.3. The van der Waals surface area contributed by atoms with E-state index in [0.29, 0.717) is 29.4 Å². The molecule has 4 rings (SSSR count). The van der Waals surface area contributed by atoms with Crippen LogP contribution in [0.15, 0.2) is 88.1 Å². The normalized spacial score (nSPS) is 10.8. The molecule has 4 aromatic rings. The molecular weight excluding hydrogens is 400 g/mol. The monoisotopic (exact) mass is 426 g/mol. The van der Waals surface area contributed by atoms with E-state index in [2.05, 4.69) is 17.1 Å². The van der Waals surface area contributed by atoms with Crippen molar-refractivity contribution in [2.45, 2.75) is 13.8 Å². The molecule has 0 atom stereocenters. The van der Waals surface area contributed by atoms with E-state index in [1.54, 1.807) is 12.1 Å². The highest BCUT2D eigenvalue weighted by Crippen LogP contribution is 2.31. The van der Waals surface area contributed by atoms with Gasteiger partial charge in [-0.3, -0.25) is 4.79 Å². The summed E-state index contributed by atoms with van der Waals surface area (Å²) in [7, 11) is 0. The van der Waals surface area contributed by atoms with Gasteiger partial charge in [0.05, 0.1) is 5.39 Å². The number of carbonyl (C=O) groups is 1. The van der Waals surface area contributed by atoms with Crippen molar-refractivity contribution in [3.63, 3.8) is 0 Å². The first-order valence-electron chi connectivity index (χ1n) is 10.8. The summed E-state index contributed by atoms with van der Waals surface area (Å²) in [5.41, 5.74) is 3.16. The van der Waals surface area contributed by atoms with Gasteiger partial charge in [0, 0.05) is 36.3 Å². The van der Waals surface area contributed by atoms with Gasteiger partial charge < -0.3 is 14.6 Å². The second-order valence-corrected chi connectivity index (χ2v) is 7.68.